The Hall–Kier alpha value is -2.56. The molecule has 22 heavy (non-hydrogen) atoms. The number of carbonyl (C=O) groups is 1. The zero-order chi connectivity index (χ0) is 15.5. The third kappa shape index (κ3) is 2.88. The minimum atomic E-state index is -0.656. The third-order valence-electron chi connectivity index (χ3n) is 3.80. The molecule has 2 amide bonds. The minimum absolute atomic E-state index is 0.0597. The number of anilines is 2. The molecule has 2 aromatic rings. The lowest BCUT2D eigenvalue weighted by Crippen LogP contribution is -2.35. The van der Waals surface area contributed by atoms with Gasteiger partial charge in [0.25, 0.3) is 0 Å². The van der Waals surface area contributed by atoms with E-state index < -0.39 is 5.82 Å². The van der Waals surface area contributed by atoms with Crippen LogP contribution in [0.4, 0.5) is 20.6 Å². The van der Waals surface area contributed by atoms with Gasteiger partial charge in [0.2, 0.25) is 0 Å². The van der Waals surface area contributed by atoms with Crippen molar-refractivity contribution >= 4 is 17.4 Å². The number of hydrogen-bond donors (Lipinski definition) is 2. The Bertz CT molecular complexity index is 703. The van der Waals surface area contributed by atoms with Gasteiger partial charge in [0, 0.05) is 18.3 Å². The number of urea groups is 1. The second-order valence-electron chi connectivity index (χ2n) is 5.33. The van der Waals surface area contributed by atoms with Crippen molar-refractivity contribution in [3.05, 3.63) is 53.8 Å². The maximum atomic E-state index is 13.8. The highest BCUT2D eigenvalue weighted by Crippen LogP contribution is 2.27. The van der Waals surface area contributed by atoms with Gasteiger partial charge < -0.3 is 10.4 Å². The lowest BCUT2D eigenvalue weighted by atomic mass is 10.1. The van der Waals surface area contributed by atoms with Gasteiger partial charge in [-0.3, -0.25) is 4.90 Å². The van der Waals surface area contributed by atoms with Crippen molar-refractivity contribution in [3.63, 3.8) is 0 Å². The number of aryl methyl sites for hydroxylation is 1. The Balaban J connectivity index is 1.85. The normalized spacial score (nSPS) is 14.1. The monoisotopic (exact) mass is 300 g/mol. The number of rotatable bonds is 1. The van der Waals surface area contributed by atoms with Gasteiger partial charge in [-0.1, -0.05) is 18.2 Å². The first-order chi connectivity index (χ1) is 10.6. The molecule has 0 bridgehead atoms. The molecule has 0 spiro atoms. The average molecular weight is 300 g/mol. The van der Waals surface area contributed by atoms with E-state index in [4.69, 9.17) is 0 Å². The maximum absolute atomic E-state index is 13.8. The van der Waals surface area contributed by atoms with Crippen molar-refractivity contribution in [3.8, 4) is 5.75 Å². The Kier molecular flexibility index (Phi) is 3.96. The molecule has 0 atom stereocenters. The Morgan fingerprint density at radius 3 is 2.82 bits per heavy atom. The zero-order valence-corrected chi connectivity index (χ0v) is 12.1. The standard InChI is InChI=1S/C17H17FN2O2/c18-14-11-13(21)8-9-15(14)19-17(22)20-10-4-3-6-12-5-1-2-7-16(12)20/h1-2,5,7-9,11,21H,3-4,6,10H2,(H,19,22). The minimum Gasteiger partial charge on any atom is -0.508 e. The molecule has 0 aromatic heterocycles. The largest absolute Gasteiger partial charge is 0.508 e. The number of phenols is 1. The highest BCUT2D eigenvalue weighted by atomic mass is 19.1. The molecule has 5 heteroatoms. The smallest absolute Gasteiger partial charge is 0.326 e. The molecule has 1 heterocycles. The van der Waals surface area contributed by atoms with Crippen LogP contribution in [0.2, 0.25) is 0 Å². The van der Waals surface area contributed by atoms with E-state index in [0.29, 0.717) is 6.54 Å². The maximum Gasteiger partial charge on any atom is 0.326 e. The Morgan fingerprint density at radius 2 is 2.00 bits per heavy atom. The summed E-state index contributed by atoms with van der Waals surface area (Å²) in [4.78, 5) is 14.2. The molecule has 1 aliphatic rings. The second kappa shape index (κ2) is 6.05. The summed E-state index contributed by atoms with van der Waals surface area (Å²) in [5.74, 6) is -0.827. The summed E-state index contributed by atoms with van der Waals surface area (Å²) < 4.78 is 13.8. The van der Waals surface area contributed by atoms with Crippen molar-refractivity contribution in [1.29, 1.82) is 0 Å². The van der Waals surface area contributed by atoms with Crippen LogP contribution in [0.3, 0.4) is 0 Å². The Morgan fingerprint density at radius 1 is 1.18 bits per heavy atom. The van der Waals surface area contributed by atoms with E-state index in [1.807, 2.05) is 24.3 Å². The third-order valence-corrected chi connectivity index (χ3v) is 3.80. The van der Waals surface area contributed by atoms with Gasteiger partial charge >= 0.3 is 6.03 Å². The van der Waals surface area contributed by atoms with Gasteiger partial charge in [0.15, 0.2) is 0 Å². The first-order valence-corrected chi connectivity index (χ1v) is 7.30. The van der Waals surface area contributed by atoms with Crippen molar-refractivity contribution in [2.24, 2.45) is 0 Å². The first-order valence-electron chi connectivity index (χ1n) is 7.30. The highest BCUT2D eigenvalue weighted by molar-refractivity contribution is 6.02. The second-order valence-corrected chi connectivity index (χ2v) is 5.33. The van der Waals surface area contributed by atoms with E-state index in [9.17, 15) is 14.3 Å². The van der Waals surface area contributed by atoms with Crippen LogP contribution in [0.5, 0.6) is 5.75 Å². The van der Waals surface area contributed by atoms with Gasteiger partial charge in [-0.25, -0.2) is 9.18 Å². The molecule has 0 aliphatic carbocycles. The van der Waals surface area contributed by atoms with Crippen LogP contribution >= 0.6 is 0 Å². The number of nitrogens with zero attached hydrogens (tertiary/aromatic N) is 1. The van der Waals surface area contributed by atoms with Crippen molar-refractivity contribution in [2.45, 2.75) is 19.3 Å². The van der Waals surface area contributed by atoms with E-state index in [1.165, 1.54) is 12.1 Å². The van der Waals surface area contributed by atoms with Crippen LogP contribution in [0, 0.1) is 5.82 Å². The van der Waals surface area contributed by atoms with Crippen LogP contribution in [0.15, 0.2) is 42.5 Å². The summed E-state index contributed by atoms with van der Waals surface area (Å²) in [5.41, 5.74) is 2.06. The number of carbonyl (C=O) groups excluding carboxylic acids is 1. The van der Waals surface area contributed by atoms with E-state index in [2.05, 4.69) is 5.32 Å². The number of amides is 2. The molecular formula is C17H17FN2O2. The number of benzene rings is 2. The summed E-state index contributed by atoms with van der Waals surface area (Å²) in [5, 5.41) is 11.8. The summed E-state index contributed by atoms with van der Waals surface area (Å²) in [6, 6.07) is 11.1. The fraction of sp³-hybridized carbons (Fsp3) is 0.235. The zero-order valence-electron chi connectivity index (χ0n) is 12.1. The topological polar surface area (TPSA) is 52.6 Å². The fourth-order valence-corrected chi connectivity index (χ4v) is 2.69. The van der Waals surface area contributed by atoms with Crippen LogP contribution in [-0.4, -0.2) is 17.7 Å². The fourth-order valence-electron chi connectivity index (χ4n) is 2.69. The summed E-state index contributed by atoms with van der Waals surface area (Å²) in [6.07, 6.45) is 2.86. The molecule has 0 saturated carbocycles. The number of para-hydroxylation sites is 1. The van der Waals surface area contributed by atoms with Crippen molar-refractivity contribution in [1.82, 2.24) is 0 Å². The van der Waals surface area contributed by atoms with Gasteiger partial charge in [-0.15, -0.1) is 0 Å². The van der Waals surface area contributed by atoms with Gasteiger partial charge in [-0.2, -0.15) is 0 Å². The van der Waals surface area contributed by atoms with Gasteiger partial charge in [0.1, 0.15) is 11.6 Å². The van der Waals surface area contributed by atoms with Crippen LogP contribution in [0.1, 0.15) is 18.4 Å². The summed E-state index contributed by atoms with van der Waals surface area (Å²) in [7, 11) is 0. The van der Waals surface area contributed by atoms with E-state index >= 15 is 0 Å². The summed E-state index contributed by atoms with van der Waals surface area (Å²) in [6.45, 7) is 0.600. The number of fused-ring (bicyclic) bond motifs is 1. The quantitative estimate of drug-likeness (QED) is 0.785. The predicted octanol–water partition coefficient (Wildman–Crippen LogP) is 3.91. The summed E-state index contributed by atoms with van der Waals surface area (Å²) >= 11 is 0. The lowest BCUT2D eigenvalue weighted by Gasteiger charge is -2.23. The number of halogens is 1. The molecule has 1 aliphatic heterocycles. The van der Waals surface area contributed by atoms with Crippen LogP contribution < -0.4 is 10.2 Å². The number of aromatic hydroxyl groups is 1. The molecule has 0 fully saturated rings. The highest BCUT2D eigenvalue weighted by Gasteiger charge is 2.21. The van der Waals surface area contributed by atoms with E-state index in [1.54, 1.807) is 4.90 Å². The number of nitrogens with one attached hydrogen (secondary N) is 1. The molecular weight excluding hydrogens is 283 g/mol. The average Bonchev–Trinajstić information content (AvgIpc) is 2.72. The molecule has 3 rings (SSSR count). The molecule has 114 valence electrons. The predicted molar refractivity (Wildman–Crippen MR) is 83.8 cm³/mol. The number of hydrogen-bond acceptors (Lipinski definition) is 2. The number of phenolic OH excluding ortho intramolecular Hbond substituents is 1. The van der Waals surface area contributed by atoms with Crippen molar-refractivity contribution in [2.75, 3.05) is 16.8 Å². The van der Waals surface area contributed by atoms with Gasteiger partial charge in [0.05, 0.1) is 5.69 Å². The molecule has 4 nitrogen and oxygen atoms in total. The first kappa shape index (κ1) is 14.4. The van der Waals surface area contributed by atoms with E-state index in [0.717, 1.165) is 36.6 Å². The Labute approximate surface area is 128 Å². The van der Waals surface area contributed by atoms with Crippen LogP contribution in [0.25, 0.3) is 0 Å². The molecule has 0 saturated heterocycles. The molecule has 2 aromatic carbocycles. The molecule has 0 unspecified atom stereocenters. The van der Waals surface area contributed by atoms with Gasteiger partial charge in [-0.05, 0) is 43.0 Å². The van der Waals surface area contributed by atoms with Crippen LogP contribution in [-0.2, 0) is 6.42 Å². The van der Waals surface area contributed by atoms with E-state index in [-0.39, 0.29) is 17.5 Å². The SMILES string of the molecule is O=C(Nc1ccc(O)cc1F)N1CCCCc2ccccc21. The lowest BCUT2D eigenvalue weighted by molar-refractivity contribution is 0.256. The molecule has 2 N–H and O–H groups in total. The molecule has 0 radical (unpaired) electrons. The van der Waals surface area contributed by atoms with Crippen molar-refractivity contribution < 1.29 is 14.3 Å².